The zero-order valence-electron chi connectivity index (χ0n) is 10.1. The third kappa shape index (κ3) is 3.94. The van der Waals surface area contributed by atoms with Crippen molar-refractivity contribution in [2.24, 2.45) is 0 Å². The molecule has 16 heavy (non-hydrogen) atoms. The van der Waals surface area contributed by atoms with Gasteiger partial charge in [0.2, 0.25) is 0 Å². The van der Waals surface area contributed by atoms with Crippen LogP contribution in [0.3, 0.4) is 0 Å². The Morgan fingerprint density at radius 2 is 2.06 bits per heavy atom. The molecule has 0 atom stereocenters. The highest BCUT2D eigenvalue weighted by Gasteiger charge is 2.00. The third-order valence-electron chi connectivity index (χ3n) is 2.54. The Kier molecular flexibility index (Phi) is 5.42. The molecule has 0 unspecified atom stereocenters. The van der Waals surface area contributed by atoms with E-state index < -0.39 is 0 Å². The minimum atomic E-state index is 0.677. The van der Waals surface area contributed by atoms with Crippen molar-refractivity contribution in [3.8, 4) is 5.75 Å². The molecule has 2 nitrogen and oxygen atoms in total. The molecule has 0 saturated carbocycles. The van der Waals surface area contributed by atoms with Crippen LogP contribution >= 0.6 is 0 Å². The highest BCUT2D eigenvalue weighted by molar-refractivity contribution is 5.51. The SMILES string of the molecule is [C-]#[N+]c1ccc(OCCCCCC)c(C)c1. The van der Waals surface area contributed by atoms with E-state index in [1.165, 1.54) is 19.3 Å². The lowest BCUT2D eigenvalue weighted by Crippen LogP contribution is -1.98. The van der Waals surface area contributed by atoms with Gasteiger partial charge in [0.25, 0.3) is 0 Å². The lowest BCUT2D eigenvalue weighted by Gasteiger charge is -2.09. The number of hydrogen-bond acceptors (Lipinski definition) is 1. The van der Waals surface area contributed by atoms with Gasteiger partial charge < -0.3 is 4.74 Å². The summed E-state index contributed by atoms with van der Waals surface area (Å²) >= 11 is 0. The number of hydrogen-bond donors (Lipinski definition) is 0. The second-order valence-corrected chi connectivity index (χ2v) is 3.97. The lowest BCUT2D eigenvalue weighted by molar-refractivity contribution is 0.303. The predicted molar refractivity (Wildman–Crippen MR) is 67.1 cm³/mol. The fourth-order valence-corrected chi connectivity index (χ4v) is 1.58. The minimum absolute atomic E-state index is 0.677. The summed E-state index contributed by atoms with van der Waals surface area (Å²) in [5, 5.41) is 0. The fraction of sp³-hybridized carbons (Fsp3) is 0.500. The van der Waals surface area contributed by atoms with Crippen LogP contribution in [0.15, 0.2) is 18.2 Å². The van der Waals surface area contributed by atoms with Crippen molar-refractivity contribution in [1.29, 1.82) is 0 Å². The summed E-state index contributed by atoms with van der Waals surface area (Å²) in [5.74, 6) is 0.906. The molecular formula is C14H19NO. The summed E-state index contributed by atoms with van der Waals surface area (Å²) in [5.41, 5.74) is 1.72. The van der Waals surface area contributed by atoms with E-state index >= 15 is 0 Å². The van der Waals surface area contributed by atoms with Gasteiger partial charge in [-0.2, -0.15) is 0 Å². The van der Waals surface area contributed by atoms with Crippen LogP contribution in [0, 0.1) is 13.5 Å². The Morgan fingerprint density at radius 1 is 1.25 bits per heavy atom. The van der Waals surface area contributed by atoms with Crippen molar-refractivity contribution >= 4 is 5.69 Å². The van der Waals surface area contributed by atoms with Crippen LogP contribution in [0.5, 0.6) is 5.75 Å². The summed E-state index contributed by atoms with van der Waals surface area (Å²) in [7, 11) is 0. The van der Waals surface area contributed by atoms with Crippen LogP contribution in [0.25, 0.3) is 4.85 Å². The van der Waals surface area contributed by atoms with Crippen LogP contribution in [-0.2, 0) is 0 Å². The van der Waals surface area contributed by atoms with E-state index in [4.69, 9.17) is 11.3 Å². The van der Waals surface area contributed by atoms with Gasteiger partial charge in [-0.3, -0.25) is 0 Å². The Labute approximate surface area is 98.1 Å². The number of ether oxygens (including phenoxy) is 1. The van der Waals surface area contributed by atoms with Crippen LogP contribution in [0.2, 0.25) is 0 Å². The van der Waals surface area contributed by atoms with Gasteiger partial charge in [0.05, 0.1) is 13.2 Å². The lowest BCUT2D eigenvalue weighted by atomic mass is 10.2. The van der Waals surface area contributed by atoms with Gasteiger partial charge >= 0.3 is 0 Å². The molecule has 0 amide bonds. The summed E-state index contributed by atoms with van der Waals surface area (Å²) in [6, 6.07) is 5.57. The summed E-state index contributed by atoms with van der Waals surface area (Å²) in [6.45, 7) is 11.9. The van der Waals surface area contributed by atoms with Gasteiger partial charge in [-0.15, -0.1) is 0 Å². The zero-order chi connectivity index (χ0) is 11.8. The average Bonchev–Trinajstić information content (AvgIpc) is 2.30. The van der Waals surface area contributed by atoms with Crippen molar-refractivity contribution in [3.63, 3.8) is 0 Å². The molecule has 0 N–H and O–H groups in total. The number of nitrogens with zero attached hydrogens (tertiary/aromatic N) is 1. The van der Waals surface area contributed by atoms with Crippen molar-refractivity contribution in [2.75, 3.05) is 6.61 Å². The standard InChI is InChI=1S/C14H19NO/c1-4-5-6-7-10-16-14-9-8-13(15-3)11-12(14)2/h8-9,11H,4-7,10H2,1-2H3. The molecule has 0 aliphatic heterocycles. The summed E-state index contributed by atoms with van der Waals surface area (Å²) < 4.78 is 5.68. The highest BCUT2D eigenvalue weighted by atomic mass is 16.5. The number of rotatable bonds is 6. The molecule has 0 fully saturated rings. The molecule has 86 valence electrons. The van der Waals surface area contributed by atoms with Gasteiger partial charge in [-0.05, 0) is 31.0 Å². The van der Waals surface area contributed by atoms with Gasteiger partial charge in [-0.25, -0.2) is 4.85 Å². The molecule has 0 aliphatic carbocycles. The normalized spacial score (nSPS) is 9.81. The monoisotopic (exact) mass is 217 g/mol. The second-order valence-electron chi connectivity index (χ2n) is 3.97. The zero-order valence-corrected chi connectivity index (χ0v) is 10.1. The van der Waals surface area contributed by atoms with Gasteiger partial charge in [-0.1, -0.05) is 32.3 Å². The molecule has 0 heterocycles. The maximum Gasteiger partial charge on any atom is 0.187 e. The van der Waals surface area contributed by atoms with Crippen LogP contribution in [-0.4, -0.2) is 6.61 Å². The Bertz CT molecular complexity index is 365. The molecular weight excluding hydrogens is 198 g/mol. The number of aryl methyl sites for hydroxylation is 1. The quantitative estimate of drug-likeness (QED) is 0.505. The van der Waals surface area contributed by atoms with Crippen LogP contribution in [0.4, 0.5) is 5.69 Å². The number of benzene rings is 1. The minimum Gasteiger partial charge on any atom is -0.493 e. The molecule has 1 rings (SSSR count). The predicted octanol–water partition coefficient (Wildman–Crippen LogP) is 4.50. The van der Waals surface area contributed by atoms with E-state index in [0.717, 1.165) is 24.3 Å². The maximum atomic E-state index is 6.91. The molecule has 0 spiro atoms. The Morgan fingerprint density at radius 3 is 2.69 bits per heavy atom. The largest absolute Gasteiger partial charge is 0.493 e. The molecule has 0 aromatic heterocycles. The second kappa shape index (κ2) is 6.90. The van der Waals surface area contributed by atoms with Gasteiger partial charge in [0.15, 0.2) is 5.69 Å². The molecule has 0 radical (unpaired) electrons. The summed E-state index contributed by atoms with van der Waals surface area (Å²) in [6.07, 6.45) is 4.87. The smallest absolute Gasteiger partial charge is 0.187 e. The summed E-state index contributed by atoms with van der Waals surface area (Å²) in [4.78, 5) is 3.39. The average molecular weight is 217 g/mol. The topological polar surface area (TPSA) is 13.6 Å². The van der Waals surface area contributed by atoms with Crippen molar-refractivity contribution < 1.29 is 4.74 Å². The van der Waals surface area contributed by atoms with E-state index in [-0.39, 0.29) is 0 Å². The molecule has 0 aliphatic rings. The Hall–Kier alpha value is -1.49. The van der Waals surface area contributed by atoms with Crippen molar-refractivity contribution in [3.05, 3.63) is 35.2 Å². The third-order valence-corrected chi connectivity index (χ3v) is 2.54. The molecule has 0 bridgehead atoms. The first-order chi connectivity index (χ1) is 7.77. The van der Waals surface area contributed by atoms with Crippen molar-refractivity contribution in [1.82, 2.24) is 0 Å². The molecule has 2 heteroatoms. The van der Waals surface area contributed by atoms with Crippen molar-refractivity contribution in [2.45, 2.75) is 39.5 Å². The van der Waals surface area contributed by atoms with Gasteiger partial charge in [0.1, 0.15) is 5.75 Å². The molecule has 1 aromatic rings. The Balaban J connectivity index is 2.40. The first-order valence-corrected chi connectivity index (χ1v) is 5.89. The van der Waals surface area contributed by atoms with Crippen LogP contribution < -0.4 is 4.74 Å². The molecule has 0 saturated heterocycles. The van der Waals surface area contributed by atoms with E-state index in [0.29, 0.717) is 5.69 Å². The van der Waals surface area contributed by atoms with E-state index in [1.54, 1.807) is 6.07 Å². The number of unbranched alkanes of at least 4 members (excludes halogenated alkanes) is 3. The first-order valence-electron chi connectivity index (χ1n) is 5.89. The van der Waals surface area contributed by atoms with E-state index in [9.17, 15) is 0 Å². The van der Waals surface area contributed by atoms with Gasteiger partial charge in [0, 0.05) is 0 Å². The first kappa shape index (κ1) is 12.6. The van der Waals surface area contributed by atoms with Crippen LogP contribution in [0.1, 0.15) is 38.2 Å². The fourth-order valence-electron chi connectivity index (χ4n) is 1.58. The molecule has 1 aromatic carbocycles. The highest BCUT2D eigenvalue weighted by Crippen LogP contribution is 2.23. The van der Waals surface area contributed by atoms with E-state index in [2.05, 4.69) is 11.8 Å². The maximum absolute atomic E-state index is 6.91. The van der Waals surface area contributed by atoms with E-state index in [1.807, 2.05) is 19.1 Å².